The Hall–Kier alpha value is -0.600. The van der Waals surface area contributed by atoms with Crippen LogP contribution in [0.2, 0.25) is 0 Å². The summed E-state index contributed by atoms with van der Waals surface area (Å²) in [5, 5.41) is 8.24. The summed E-state index contributed by atoms with van der Waals surface area (Å²) in [6.07, 6.45) is 2.78. The van der Waals surface area contributed by atoms with Crippen LogP contribution in [0.15, 0.2) is 0 Å². The van der Waals surface area contributed by atoms with Gasteiger partial charge in [0, 0.05) is 25.6 Å². The Morgan fingerprint density at radius 3 is 2.44 bits per heavy atom. The minimum Gasteiger partial charge on any atom is -0.298 e. The van der Waals surface area contributed by atoms with Crippen LogP contribution in [0.1, 0.15) is 33.1 Å². The molecule has 92 valence electrons. The van der Waals surface area contributed by atoms with Gasteiger partial charge in [-0.25, -0.2) is 8.42 Å². The van der Waals surface area contributed by atoms with Crippen molar-refractivity contribution in [2.45, 2.75) is 44.4 Å². The maximum Gasteiger partial charge on any atom is 0.153 e. The highest BCUT2D eigenvalue weighted by atomic mass is 32.2. The van der Waals surface area contributed by atoms with E-state index >= 15 is 0 Å². The van der Waals surface area contributed by atoms with E-state index in [0.29, 0.717) is 25.6 Å². The maximum absolute atomic E-state index is 11.7. The molecular weight excluding hydrogens is 224 g/mol. The zero-order chi connectivity index (χ0) is 12.2. The Morgan fingerprint density at radius 2 is 2.00 bits per heavy atom. The molecule has 0 saturated heterocycles. The van der Waals surface area contributed by atoms with Gasteiger partial charge < -0.3 is 0 Å². The number of sulfone groups is 1. The zero-order valence-electron chi connectivity index (χ0n) is 10.0. The average molecular weight is 244 g/mol. The van der Waals surface area contributed by atoms with Crippen molar-refractivity contribution >= 4 is 9.84 Å². The fourth-order valence-corrected chi connectivity index (χ4v) is 2.55. The summed E-state index contributed by atoms with van der Waals surface area (Å²) in [5.41, 5.74) is 0. The van der Waals surface area contributed by atoms with Crippen LogP contribution >= 0.6 is 0 Å². The van der Waals surface area contributed by atoms with Gasteiger partial charge in [0.1, 0.15) is 0 Å². The molecule has 0 unspecified atom stereocenters. The number of hydrogen-bond acceptors (Lipinski definition) is 4. The lowest BCUT2D eigenvalue weighted by Gasteiger charge is -2.21. The van der Waals surface area contributed by atoms with Gasteiger partial charge in [-0.15, -0.1) is 0 Å². The first-order chi connectivity index (χ1) is 7.47. The molecular formula is C11H20N2O2S. The lowest BCUT2D eigenvalue weighted by atomic mass is 10.4. The second-order valence-corrected chi connectivity index (χ2v) is 7.27. The van der Waals surface area contributed by atoms with E-state index in [1.165, 1.54) is 0 Å². The zero-order valence-corrected chi connectivity index (χ0v) is 10.8. The van der Waals surface area contributed by atoms with Crippen LogP contribution in [0.25, 0.3) is 0 Å². The van der Waals surface area contributed by atoms with E-state index in [4.69, 9.17) is 5.26 Å². The van der Waals surface area contributed by atoms with Gasteiger partial charge in [-0.2, -0.15) is 5.26 Å². The highest BCUT2D eigenvalue weighted by Crippen LogP contribution is 2.26. The highest BCUT2D eigenvalue weighted by molar-refractivity contribution is 7.92. The van der Waals surface area contributed by atoms with E-state index in [1.54, 1.807) is 13.8 Å². The molecule has 0 bridgehead atoms. The van der Waals surface area contributed by atoms with Crippen molar-refractivity contribution in [3.8, 4) is 6.07 Å². The summed E-state index contributed by atoms with van der Waals surface area (Å²) in [4.78, 5) is 2.14. The summed E-state index contributed by atoms with van der Waals surface area (Å²) < 4.78 is 23.3. The quantitative estimate of drug-likeness (QED) is 0.675. The third-order valence-corrected chi connectivity index (χ3v) is 5.14. The molecule has 0 aromatic rings. The van der Waals surface area contributed by atoms with Crippen molar-refractivity contribution < 1.29 is 8.42 Å². The molecule has 0 radical (unpaired) electrons. The topological polar surface area (TPSA) is 61.2 Å². The Bertz CT molecular complexity index is 353. The Morgan fingerprint density at radius 1 is 1.38 bits per heavy atom. The summed E-state index contributed by atoms with van der Waals surface area (Å²) in [5.74, 6) is 0.215. The average Bonchev–Trinajstić information content (AvgIpc) is 3.01. The highest BCUT2D eigenvalue weighted by Gasteiger charge is 2.29. The molecule has 0 aromatic heterocycles. The van der Waals surface area contributed by atoms with Crippen LogP contribution < -0.4 is 0 Å². The van der Waals surface area contributed by atoms with Crippen molar-refractivity contribution in [1.29, 1.82) is 5.26 Å². The van der Waals surface area contributed by atoms with Gasteiger partial charge in [0.05, 0.1) is 17.1 Å². The fraction of sp³-hybridized carbons (Fsp3) is 0.909. The van der Waals surface area contributed by atoms with Gasteiger partial charge in [0.2, 0.25) is 0 Å². The summed E-state index contributed by atoms with van der Waals surface area (Å²) in [6.45, 7) is 4.71. The SMILES string of the molecule is CC(C)S(=O)(=O)CCN(CCC#N)C1CC1. The van der Waals surface area contributed by atoms with Crippen LogP contribution in [0.5, 0.6) is 0 Å². The molecule has 1 rings (SSSR count). The second kappa shape index (κ2) is 5.65. The first-order valence-corrected chi connectivity index (χ1v) is 7.51. The maximum atomic E-state index is 11.7. The first-order valence-electron chi connectivity index (χ1n) is 5.80. The number of nitriles is 1. The van der Waals surface area contributed by atoms with Crippen LogP contribution in [-0.4, -0.2) is 43.5 Å². The molecule has 0 N–H and O–H groups in total. The van der Waals surface area contributed by atoms with Gasteiger partial charge in [-0.1, -0.05) is 0 Å². The molecule has 0 aliphatic heterocycles. The lowest BCUT2D eigenvalue weighted by Crippen LogP contribution is -2.34. The molecule has 1 fully saturated rings. The van der Waals surface area contributed by atoms with Crippen molar-refractivity contribution in [3.63, 3.8) is 0 Å². The first kappa shape index (κ1) is 13.5. The Balaban J connectivity index is 2.41. The Labute approximate surface area is 98.2 Å². The number of hydrogen-bond donors (Lipinski definition) is 0. The predicted molar refractivity (Wildman–Crippen MR) is 63.7 cm³/mol. The third kappa shape index (κ3) is 4.11. The van der Waals surface area contributed by atoms with E-state index in [1.807, 2.05) is 0 Å². The number of nitrogens with zero attached hydrogens (tertiary/aromatic N) is 2. The van der Waals surface area contributed by atoms with Crippen molar-refractivity contribution in [3.05, 3.63) is 0 Å². The molecule has 0 heterocycles. The van der Waals surface area contributed by atoms with Gasteiger partial charge in [0.15, 0.2) is 9.84 Å². The van der Waals surface area contributed by atoms with Gasteiger partial charge in [-0.3, -0.25) is 4.90 Å². The van der Waals surface area contributed by atoms with Crippen LogP contribution in [-0.2, 0) is 9.84 Å². The minimum absolute atomic E-state index is 0.215. The van der Waals surface area contributed by atoms with Crippen LogP contribution in [0.4, 0.5) is 0 Å². The van der Waals surface area contributed by atoms with Gasteiger partial charge in [0.25, 0.3) is 0 Å². The molecule has 16 heavy (non-hydrogen) atoms. The third-order valence-electron chi connectivity index (χ3n) is 2.96. The molecule has 0 aromatic carbocycles. The predicted octanol–water partition coefficient (Wildman–Crippen LogP) is 1.19. The minimum atomic E-state index is -2.95. The molecule has 1 aliphatic carbocycles. The molecule has 4 nitrogen and oxygen atoms in total. The van der Waals surface area contributed by atoms with E-state index in [-0.39, 0.29) is 11.0 Å². The molecule has 0 atom stereocenters. The second-order valence-electron chi connectivity index (χ2n) is 4.59. The van der Waals surface area contributed by atoms with Gasteiger partial charge >= 0.3 is 0 Å². The van der Waals surface area contributed by atoms with Crippen molar-refractivity contribution in [2.75, 3.05) is 18.8 Å². The Kier molecular flexibility index (Phi) is 4.75. The summed E-state index contributed by atoms with van der Waals surface area (Å²) in [7, 11) is -2.95. The summed E-state index contributed by atoms with van der Waals surface area (Å²) >= 11 is 0. The smallest absolute Gasteiger partial charge is 0.153 e. The molecule has 1 saturated carbocycles. The normalized spacial score (nSPS) is 16.7. The van der Waals surface area contributed by atoms with E-state index < -0.39 is 9.84 Å². The molecule has 0 amide bonds. The largest absolute Gasteiger partial charge is 0.298 e. The van der Waals surface area contributed by atoms with Crippen molar-refractivity contribution in [2.24, 2.45) is 0 Å². The van der Waals surface area contributed by atoms with Crippen molar-refractivity contribution in [1.82, 2.24) is 4.90 Å². The van der Waals surface area contributed by atoms with E-state index in [9.17, 15) is 8.42 Å². The monoisotopic (exact) mass is 244 g/mol. The molecule has 0 spiro atoms. The fourth-order valence-electron chi connectivity index (χ4n) is 1.59. The van der Waals surface area contributed by atoms with Crippen LogP contribution in [0, 0.1) is 11.3 Å². The standard InChI is InChI=1S/C11H20N2O2S/c1-10(2)16(14,15)9-8-13(7-3-6-12)11-4-5-11/h10-11H,3-5,7-9H2,1-2H3. The van der Waals surface area contributed by atoms with E-state index in [2.05, 4.69) is 11.0 Å². The van der Waals surface area contributed by atoms with Gasteiger partial charge in [-0.05, 0) is 26.7 Å². The summed E-state index contributed by atoms with van der Waals surface area (Å²) in [6, 6.07) is 2.63. The molecule has 1 aliphatic rings. The molecule has 5 heteroatoms. The number of rotatable bonds is 7. The van der Waals surface area contributed by atoms with Crippen LogP contribution in [0.3, 0.4) is 0 Å². The van der Waals surface area contributed by atoms with E-state index in [0.717, 1.165) is 12.8 Å². The lowest BCUT2D eigenvalue weighted by molar-refractivity contribution is 0.285.